The quantitative estimate of drug-likeness (QED) is 0.709. The molecule has 1 aromatic carbocycles. The maximum absolute atomic E-state index is 12.3. The maximum atomic E-state index is 12.3. The first-order valence-electron chi connectivity index (χ1n) is 8.07. The number of nitrogens with zero attached hydrogens (tertiary/aromatic N) is 2. The first-order valence-corrected chi connectivity index (χ1v) is 8.83. The van der Waals surface area contributed by atoms with Crippen molar-refractivity contribution in [3.63, 3.8) is 0 Å². The zero-order valence-corrected chi connectivity index (χ0v) is 16.0. The zero-order valence-electron chi connectivity index (χ0n) is 14.5. The van der Waals surface area contributed by atoms with Gasteiger partial charge in [0.25, 0.3) is 0 Å². The predicted octanol–water partition coefficient (Wildman–Crippen LogP) is 3.58. The lowest BCUT2D eigenvalue weighted by atomic mass is 10.3. The molecule has 1 heterocycles. The molecule has 9 heteroatoms. The average molecular weight is 399 g/mol. The van der Waals surface area contributed by atoms with Crippen LogP contribution in [0.2, 0.25) is 10.0 Å². The van der Waals surface area contributed by atoms with E-state index < -0.39 is 0 Å². The number of hydrogen-bond donors (Lipinski definition) is 2. The fraction of sp³-hybridized carbons (Fsp3) is 0.353. The van der Waals surface area contributed by atoms with E-state index in [0.717, 1.165) is 6.42 Å². The minimum absolute atomic E-state index is 0.0536. The Balaban J connectivity index is 1.91. The molecule has 0 aliphatic carbocycles. The van der Waals surface area contributed by atoms with E-state index in [0.29, 0.717) is 33.9 Å². The van der Waals surface area contributed by atoms with Crippen LogP contribution in [-0.2, 0) is 9.59 Å². The Morgan fingerprint density at radius 1 is 1.15 bits per heavy atom. The molecule has 2 amide bonds. The second kappa shape index (κ2) is 9.56. The third-order valence-electron chi connectivity index (χ3n) is 3.37. The molecule has 0 bridgehead atoms. The number of amides is 2. The second-order valence-electron chi connectivity index (χ2n) is 5.75. The monoisotopic (exact) mass is 398 g/mol. The van der Waals surface area contributed by atoms with Crippen LogP contribution in [0, 0.1) is 6.92 Å². The molecule has 7 nitrogen and oxygen atoms in total. The number of anilines is 2. The highest BCUT2D eigenvalue weighted by atomic mass is 35.5. The van der Waals surface area contributed by atoms with Crippen molar-refractivity contribution >= 4 is 46.5 Å². The Hall–Kier alpha value is -2.09. The van der Waals surface area contributed by atoms with Crippen molar-refractivity contribution in [3.8, 4) is 0 Å². The van der Waals surface area contributed by atoms with Gasteiger partial charge in [-0.25, -0.2) is 0 Å². The van der Waals surface area contributed by atoms with Gasteiger partial charge in [0, 0.05) is 11.1 Å². The summed E-state index contributed by atoms with van der Waals surface area (Å²) in [5.41, 5.74) is 0.472. The van der Waals surface area contributed by atoms with E-state index in [1.165, 1.54) is 0 Å². The molecule has 0 saturated carbocycles. The molecule has 26 heavy (non-hydrogen) atoms. The summed E-state index contributed by atoms with van der Waals surface area (Å²) >= 11 is 11.9. The van der Waals surface area contributed by atoms with Crippen LogP contribution in [0.1, 0.15) is 19.1 Å². The van der Waals surface area contributed by atoms with Crippen LogP contribution < -0.4 is 10.6 Å². The van der Waals surface area contributed by atoms with Crippen LogP contribution in [0.15, 0.2) is 28.8 Å². The third-order valence-corrected chi connectivity index (χ3v) is 3.92. The van der Waals surface area contributed by atoms with Crippen LogP contribution in [0.25, 0.3) is 0 Å². The fourth-order valence-corrected chi connectivity index (χ4v) is 2.78. The van der Waals surface area contributed by atoms with Crippen molar-refractivity contribution in [2.24, 2.45) is 0 Å². The highest BCUT2D eigenvalue weighted by Crippen LogP contribution is 2.25. The average Bonchev–Trinajstić information content (AvgIpc) is 2.95. The number of aromatic nitrogens is 1. The molecule has 0 aliphatic heterocycles. The van der Waals surface area contributed by atoms with E-state index in [2.05, 4.69) is 15.8 Å². The Bertz CT molecular complexity index is 779. The summed E-state index contributed by atoms with van der Waals surface area (Å²) in [5, 5.41) is 9.91. The molecule has 0 unspecified atom stereocenters. The number of carbonyl (C=O) groups excluding carboxylic acids is 2. The Labute approximate surface area is 161 Å². The molecular weight excluding hydrogens is 379 g/mol. The number of halogens is 2. The molecule has 0 aliphatic rings. The topological polar surface area (TPSA) is 87.5 Å². The van der Waals surface area contributed by atoms with Crippen LogP contribution in [-0.4, -0.2) is 41.5 Å². The van der Waals surface area contributed by atoms with Gasteiger partial charge in [0.2, 0.25) is 11.8 Å². The van der Waals surface area contributed by atoms with Crippen LogP contribution >= 0.6 is 23.2 Å². The lowest BCUT2D eigenvalue weighted by Crippen LogP contribution is -2.39. The second-order valence-corrected chi connectivity index (χ2v) is 6.60. The normalized spacial score (nSPS) is 10.8. The van der Waals surface area contributed by atoms with E-state index >= 15 is 0 Å². The molecule has 140 valence electrons. The van der Waals surface area contributed by atoms with E-state index in [1.54, 1.807) is 36.1 Å². The number of aryl methyl sites for hydroxylation is 1. The largest absolute Gasteiger partial charge is 0.360 e. The predicted molar refractivity (Wildman–Crippen MR) is 102 cm³/mol. The maximum Gasteiger partial charge on any atom is 0.239 e. The molecule has 0 atom stereocenters. The summed E-state index contributed by atoms with van der Waals surface area (Å²) in [6.07, 6.45) is 0.797. The van der Waals surface area contributed by atoms with Crippen LogP contribution in [0.5, 0.6) is 0 Å². The highest BCUT2D eigenvalue weighted by molar-refractivity contribution is 6.36. The van der Waals surface area contributed by atoms with Gasteiger partial charge in [0.1, 0.15) is 5.76 Å². The fourth-order valence-electron chi connectivity index (χ4n) is 2.32. The Morgan fingerprint density at radius 3 is 2.42 bits per heavy atom. The summed E-state index contributed by atoms with van der Waals surface area (Å²) in [6, 6.07) is 6.44. The van der Waals surface area contributed by atoms with Gasteiger partial charge < -0.3 is 15.2 Å². The van der Waals surface area contributed by atoms with Gasteiger partial charge >= 0.3 is 0 Å². The summed E-state index contributed by atoms with van der Waals surface area (Å²) in [4.78, 5) is 26.1. The smallest absolute Gasteiger partial charge is 0.239 e. The Kier molecular flexibility index (Phi) is 7.44. The lowest BCUT2D eigenvalue weighted by Gasteiger charge is -2.20. The molecule has 0 radical (unpaired) electrons. The summed E-state index contributed by atoms with van der Waals surface area (Å²) < 4.78 is 4.90. The Morgan fingerprint density at radius 2 is 1.85 bits per heavy atom. The number of nitrogens with one attached hydrogen (secondary N) is 2. The summed E-state index contributed by atoms with van der Waals surface area (Å²) in [6.45, 7) is 4.41. The molecule has 1 aromatic heterocycles. The van der Waals surface area contributed by atoms with E-state index in [-0.39, 0.29) is 24.9 Å². The number of benzene rings is 1. The van der Waals surface area contributed by atoms with Gasteiger partial charge in [-0.1, -0.05) is 35.3 Å². The first kappa shape index (κ1) is 20.2. The molecule has 0 saturated heterocycles. The molecule has 0 fully saturated rings. The molecule has 2 N–H and O–H groups in total. The van der Waals surface area contributed by atoms with Crippen LogP contribution in [0.4, 0.5) is 11.5 Å². The van der Waals surface area contributed by atoms with Crippen molar-refractivity contribution in [1.29, 1.82) is 0 Å². The van der Waals surface area contributed by atoms with Gasteiger partial charge in [-0.05, 0) is 38.1 Å². The molecule has 0 spiro atoms. The van der Waals surface area contributed by atoms with E-state index in [9.17, 15) is 9.59 Å². The van der Waals surface area contributed by atoms with Crippen molar-refractivity contribution in [3.05, 3.63) is 40.1 Å². The number of carbonyl (C=O) groups is 2. The standard InChI is InChI=1S/C17H20Cl2N4O3/c1-3-6-23(10-17(25)21-15-7-11(2)26-22-15)9-16(24)20-14-5-4-12(18)8-13(14)19/h4-5,7-8H,3,6,9-10H2,1-2H3,(H,20,24)(H,21,22,25). The third kappa shape index (κ3) is 6.33. The van der Waals surface area contributed by atoms with Gasteiger partial charge in [-0.3, -0.25) is 14.5 Å². The number of hydrogen-bond acceptors (Lipinski definition) is 5. The van der Waals surface area contributed by atoms with Gasteiger partial charge in [0.15, 0.2) is 5.82 Å². The molecule has 2 rings (SSSR count). The highest BCUT2D eigenvalue weighted by Gasteiger charge is 2.16. The minimum Gasteiger partial charge on any atom is -0.360 e. The van der Waals surface area contributed by atoms with Gasteiger partial charge in [0.05, 0.1) is 23.8 Å². The van der Waals surface area contributed by atoms with Gasteiger partial charge in [-0.15, -0.1) is 0 Å². The van der Waals surface area contributed by atoms with Crippen molar-refractivity contribution in [2.45, 2.75) is 20.3 Å². The van der Waals surface area contributed by atoms with Crippen molar-refractivity contribution < 1.29 is 14.1 Å². The molecule has 2 aromatic rings. The lowest BCUT2D eigenvalue weighted by molar-refractivity contribution is -0.120. The summed E-state index contributed by atoms with van der Waals surface area (Å²) in [5.74, 6) is 0.406. The van der Waals surface area contributed by atoms with Gasteiger partial charge in [-0.2, -0.15) is 0 Å². The molecular formula is C17H20Cl2N4O3. The summed E-state index contributed by atoms with van der Waals surface area (Å²) in [7, 11) is 0. The van der Waals surface area contributed by atoms with E-state index in [4.69, 9.17) is 27.7 Å². The van der Waals surface area contributed by atoms with Crippen molar-refractivity contribution in [1.82, 2.24) is 10.1 Å². The van der Waals surface area contributed by atoms with Crippen molar-refractivity contribution in [2.75, 3.05) is 30.3 Å². The van der Waals surface area contributed by atoms with E-state index in [1.807, 2.05) is 6.92 Å². The zero-order chi connectivity index (χ0) is 19.1. The first-order chi connectivity index (χ1) is 12.4. The SMILES string of the molecule is CCCN(CC(=O)Nc1cc(C)on1)CC(=O)Nc1ccc(Cl)cc1Cl. The number of rotatable bonds is 8. The minimum atomic E-state index is -0.274. The van der Waals surface area contributed by atoms with Crippen LogP contribution in [0.3, 0.4) is 0 Å².